The minimum absolute atomic E-state index is 0.311. The van der Waals surface area contributed by atoms with Crippen molar-refractivity contribution in [1.29, 1.82) is 0 Å². The van der Waals surface area contributed by atoms with Crippen molar-refractivity contribution in [3.63, 3.8) is 0 Å². The first-order valence-electron chi connectivity index (χ1n) is 5.57. The largest absolute Gasteiger partial charge is 0.326 e. The molecular weight excluding hydrogens is 174 g/mol. The lowest BCUT2D eigenvalue weighted by Gasteiger charge is -2.31. The molecule has 0 bridgehead atoms. The molecule has 3 heteroatoms. The molecule has 0 aromatic carbocycles. The van der Waals surface area contributed by atoms with E-state index in [0.717, 1.165) is 13.0 Å². The molecule has 0 saturated carbocycles. The predicted molar refractivity (Wildman–Crippen MR) is 61.4 cm³/mol. The highest BCUT2D eigenvalue weighted by atomic mass is 15.2. The molecule has 0 amide bonds. The second-order valence-corrected chi connectivity index (χ2v) is 5.38. The zero-order chi connectivity index (χ0) is 10.8. The molecule has 1 atom stereocenters. The highest BCUT2D eigenvalue weighted by Gasteiger charge is 2.35. The third-order valence-electron chi connectivity index (χ3n) is 3.11. The summed E-state index contributed by atoms with van der Waals surface area (Å²) >= 11 is 0. The molecular formula is C11H25N3. The van der Waals surface area contributed by atoms with Gasteiger partial charge in [-0.2, -0.15) is 0 Å². The number of nitrogens with zero attached hydrogens (tertiary/aromatic N) is 2. The number of nitrogens with two attached hydrogens (primary N) is 1. The van der Waals surface area contributed by atoms with Gasteiger partial charge in [0.05, 0.1) is 0 Å². The van der Waals surface area contributed by atoms with Gasteiger partial charge in [0.15, 0.2) is 0 Å². The Labute approximate surface area is 88.2 Å². The van der Waals surface area contributed by atoms with Crippen LogP contribution in [0.5, 0.6) is 0 Å². The minimum Gasteiger partial charge on any atom is -0.326 e. The summed E-state index contributed by atoms with van der Waals surface area (Å²) in [6.45, 7) is 8.02. The van der Waals surface area contributed by atoms with E-state index in [4.69, 9.17) is 5.73 Å². The zero-order valence-corrected chi connectivity index (χ0v) is 10.1. The lowest BCUT2D eigenvalue weighted by molar-refractivity contribution is 0.167. The van der Waals surface area contributed by atoms with Crippen LogP contribution in [-0.2, 0) is 0 Å². The summed E-state index contributed by atoms with van der Waals surface area (Å²) in [5, 5.41) is 0. The van der Waals surface area contributed by atoms with Crippen molar-refractivity contribution in [2.45, 2.75) is 38.3 Å². The Kier molecular flexibility index (Phi) is 3.93. The third kappa shape index (κ3) is 3.23. The molecule has 1 aliphatic rings. The number of likely N-dealkylation sites (tertiary alicyclic amines) is 1. The van der Waals surface area contributed by atoms with Crippen molar-refractivity contribution in [3.05, 3.63) is 0 Å². The average molecular weight is 199 g/mol. The highest BCUT2D eigenvalue weighted by molar-refractivity contribution is 4.94. The van der Waals surface area contributed by atoms with Crippen LogP contribution in [0.3, 0.4) is 0 Å². The predicted octanol–water partition coefficient (Wildman–Crippen LogP) is 0.750. The van der Waals surface area contributed by atoms with Gasteiger partial charge in [-0.05, 0) is 53.9 Å². The van der Waals surface area contributed by atoms with Crippen LogP contribution in [-0.4, -0.2) is 55.1 Å². The van der Waals surface area contributed by atoms with Gasteiger partial charge in [-0.25, -0.2) is 0 Å². The Morgan fingerprint density at radius 1 is 1.43 bits per heavy atom. The Morgan fingerprint density at radius 2 is 2.07 bits per heavy atom. The number of hydrogen-bond acceptors (Lipinski definition) is 3. The van der Waals surface area contributed by atoms with E-state index in [1.165, 1.54) is 19.5 Å². The Bertz CT molecular complexity index is 177. The molecule has 1 saturated heterocycles. The van der Waals surface area contributed by atoms with Gasteiger partial charge in [-0.15, -0.1) is 0 Å². The summed E-state index contributed by atoms with van der Waals surface area (Å²) in [6, 6.07) is 0.379. The van der Waals surface area contributed by atoms with Crippen LogP contribution in [0.4, 0.5) is 0 Å². The molecule has 1 rings (SSSR count). The molecule has 0 aliphatic carbocycles. The zero-order valence-electron chi connectivity index (χ0n) is 10.1. The van der Waals surface area contributed by atoms with Crippen molar-refractivity contribution in [1.82, 2.24) is 9.80 Å². The summed E-state index contributed by atoms with van der Waals surface area (Å²) in [5.74, 6) is 0. The first-order valence-corrected chi connectivity index (χ1v) is 5.57. The first-order chi connectivity index (χ1) is 6.42. The van der Waals surface area contributed by atoms with Crippen LogP contribution in [0.1, 0.15) is 26.7 Å². The molecule has 1 fully saturated rings. The van der Waals surface area contributed by atoms with Crippen LogP contribution in [0.25, 0.3) is 0 Å². The van der Waals surface area contributed by atoms with Gasteiger partial charge in [0, 0.05) is 18.1 Å². The number of hydrogen-bond donors (Lipinski definition) is 1. The standard InChI is InChI=1S/C11H25N3/c1-11(2)8-10(12)9-14(11)7-5-6-13(3)4/h10H,5-9,12H2,1-4H3. The molecule has 1 aliphatic heterocycles. The monoisotopic (exact) mass is 199 g/mol. The quantitative estimate of drug-likeness (QED) is 0.725. The fraction of sp³-hybridized carbons (Fsp3) is 1.00. The van der Waals surface area contributed by atoms with E-state index in [-0.39, 0.29) is 0 Å². The van der Waals surface area contributed by atoms with Crippen molar-refractivity contribution in [3.8, 4) is 0 Å². The molecule has 0 aromatic rings. The average Bonchev–Trinajstić information content (AvgIpc) is 2.24. The molecule has 84 valence electrons. The summed E-state index contributed by atoms with van der Waals surface area (Å²) in [4.78, 5) is 4.77. The van der Waals surface area contributed by atoms with E-state index in [1.807, 2.05) is 0 Å². The maximum Gasteiger partial charge on any atom is 0.0185 e. The van der Waals surface area contributed by atoms with Gasteiger partial charge in [0.1, 0.15) is 0 Å². The molecule has 3 nitrogen and oxygen atoms in total. The molecule has 2 N–H and O–H groups in total. The fourth-order valence-corrected chi connectivity index (χ4v) is 2.34. The maximum atomic E-state index is 5.98. The van der Waals surface area contributed by atoms with E-state index >= 15 is 0 Å². The minimum atomic E-state index is 0.311. The summed E-state index contributed by atoms with van der Waals surface area (Å²) in [6.07, 6.45) is 2.37. The van der Waals surface area contributed by atoms with Gasteiger partial charge >= 0.3 is 0 Å². The normalized spacial score (nSPS) is 27.4. The lowest BCUT2D eigenvalue weighted by atomic mass is 10.0. The van der Waals surface area contributed by atoms with Crippen LogP contribution < -0.4 is 5.73 Å². The smallest absolute Gasteiger partial charge is 0.0185 e. The van der Waals surface area contributed by atoms with Crippen molar-refractivity contribution in [2.75, 3.05) is 33.7 Å². The number of rotatable bonds is 4. The van der Waals surface area contributed by atoms with Crippen LogP contribution in [0.15, 0.2) is 0 Å². The SMILES string of the molecule is CN(C)CCCN1CC(N)CC1(C)C. The summed E-state index contributed by atoms with van der Waals surface area (Å²) in [5.41, 5.74) is 6.29. The van der Waals surface area contributed by atoms with Gasteiger partial charge in [0.25, 0.3) is 0 Å². The molecule has 0 aromatic heterocycles. The van der Waals surface area contributed by atoms with Gasteiger partial charge in [0.2, 0.25) is 0 Å². The summed E-state index contributed by atoms with van der Waals surface area (Å²) in [7, 11) is 4.25. The van der Waals surface area contributed by atoms with Gasteiger partial charge in [-0.3, -0.25) is 4.90 Å². The van der Waals surface area contributed by atoms with Gasteiger partial charge in [-0.1, -0.05) is 0 Å². The first kappa shape index (κ1) is 12.0. The molecule has 1 heterocycles. The highest BCUT2D eigenvalue weighted by Crippen LogP contribution is 2.27. The van der Waals surface area contributed by atoms with Crippen LogP contribution in [0.2, 0.25) is 0 Å². The molecule has 14 heavy (non-hydrogen) atoms. The van der Waals surface area contributed by atoms with Crippen LogP contribution >= 0.6 is 0 Å². The Balaban J connectivity index is 2.30. The van der Waals surface area contributed by atoms with E-state index in [1.54, 1.807) is 0 Å². The lowest BCUT2D eigenvalue weighted by Crippen LogP contribution is -2.39. The fourth-order valence-electron chi connectivity index (χ4n) is 2.34. The third-order valence-corrected chi connectivity index (χ3v) is 3.11. The van der Waals surface area contributed by atoms with E-state index < -0.39 is 0 Å². The van der Waals surface area contributed by atoms with E-state index in [2.05, 4.69) is 37.7 Å². The molecule has 0 radical (unpaired) electrons. The van der Waals surface area contributed by atoms with E-state index in [0.29, 0.717) is 11.6 Å². The molecule has 0 spiro atoms. The summed E-state index contributed by atoms with van der Waals surface area (Å²) < 4.78 is 0. The maximum absolute atomic E-state index is 5.98. The van der Waals surface area contributed by atoms with Crippen molar-refractivity contribution >= 4 is 0 Å². The van der Waals surface area contributed by atoms with E-state index in [9.17, 15) is 0 Å². The topological polar surface area (TPSA) is 32.5 Å². The molecule has 1 unspecified atom stereocenters. The second-order valence-electron chi connectivity index (χ2n) is 5.38. The Morgan fingerprint density at radius 3 is 2.50 bits per heavy atom. The Hall–Kier alpha value is -0.120. The van der Waals surface area contributed by atoms with Gasteiger partial charge < -0.3 is 10.6 Å². The van der Waals surface area contributed by atoms with Crippen molar-refractivity contribution < 1.29 is 0 Å². The second kappa shape index (κ2) is 4.60. The van der Waals surface area contributed by atoms with Crippen LogP contribution in [0, 0.1) is 0 Å². The van der Waals surface area contributed by atoms with Crippen molar-refractivity contribution in [2.24, 2.45) is 5.73 Å².